The van der Waals surface area contributed by atoms with Gasteiger partial charge in [0.05, 0.1) is 7.11 Å². The molecule has 0 saturated heterocycles. The first kappa shape index (κ1) is 12.8. The minimum Gasteiger partial charge on any atom is -0.497 e. The molecule has 2 rings (SSSR count). The molecule has 0 aliphatic heterocycles. The van der Waals surface area contributed by atoms with Crippen LogP contribution < -0.4 is 4.74 Å². The SMILES string of the molecule is COc1ccc(Cn2c(C)cc(=S)cc2C)cc1. The molecule has 18 heavy (non-hydrogen) atoms. The fraction of sp³-hybridized carbons (Fsp3) is 0.267. The Kier molecular flexibility index (Phi) is 3.82. The smallest absolute Gasteiger partial charge is 0.118 e. The van der Waals surface area contributed by atoms with Crippen molar-refractivity contribution < 1.29 is 4.74 Å². The van der Waals surface area contributed by atoms with Crippen molar-refractivity contribution in [3.63, 3.8) is 0 Å². The Balaban J connectivity index is 2.31. The van der Waals surface area contributed by atoms with Crippen LogP contribution in [0.25, 0.3) is 0 Å². The van der Waals surface area contributed by atoms with Crippen LogP contribution in [-0.2, 0) is 6.54 Å². The third-order valence-electron chi connectivity index (χ3n) is 3.05. The van der Waals surface area contributed by atoms with Crippen LogP contribution in [0.15, 0.2) is 36.4 Å². The maximum atomic E-state index is 5.21. The van der Waals surface area contributed by atoms with Crippen molar-refractivity contribution in [2.45, 2.75) is 20.4 Å². The topological polar surface area (TPSA) is 14.2 Å². The van der Waals surface area contributed by atoms with Gasteiger partial charge in [0.2, 0.25) is 0 Å². The van der Waals surface area contributed by atoms with E-state index in [-0.39, 0.29) is 0 Å². The number of nitrogens with zero attached hydrogens (tertiary/aromatic N) is 1. The lowest BCUT2D eigenvalue weighted by Gasteiger charge is -2.15. The first-order chi connectivity index (χ1) is 8.60. The summed E-state index contributed by atoms with van der Waals surface area (Å²) in [4.78, 5) is 0. The quantitative estimate of drug-likeness (QED) is 0.776. The average Bonchev–Trinajstić information content (AvgIpc) is 2.34. The Morgan fingerprint density at radius 1 is 1.06 bits per heavy atom. The van der Waals surface area contributed by atoms with Gasteiger partial charge in [-0.05, 0) is 43.7 Å². The Labute approximate surface area is 113 Å². The van der Waals surface area contributed by atoms with E-state index in [0.717, 1.165) is 16.8 Å². The molecule has 1 aromatic heterocycles. The molecular formula is C15H17NOS. The number of hydrogen-bond donors (Lipinski definition) is 0. The molecule has 0 aliphatic carbocycles. The van der Waals surface area contributed by atoms with Gasteiger partial charge in [-0.2, -0.15) is 0 Å². The summed E-state index contributed by atoms with van der Waals surface area (Å²) in [6, 6.07) is 12.2. The summed E-state index contributed by atoms with van der Waals surface area (Å²) in [5.74, 6) is 0.887. The second-order valence-corrected chi connectivity index (χ2v) is 4.88. The van der Waals surface area contributed by atoms with Gasteiger partial charge < -0.3 is 9.30 Å². The molecule has 0 N–H and O–H groups in total. The molecule has 2 nitrogen and oxygen atoms in total. The van der Waals surface area contributed by atoms with Crippen molar-refractivity contribution in [1.29, 1.82) is 0 Å². The lowest BCUT2D eigenvalue weighted by molar-refractivity contribution is 0.414. The van der Waals surface area contributed by atoms with E-state index in [4.69, 9.17) is 17.0 Å². The van der Waals surface area contributed by atoms with Crippen molar-refractivity contribution in [2.75, 3.05) is 7.11 Å². The fourth-order valence-electron chi connectivity index (χ4n) is 2.05. The number of rotatable bonds is 3. The Morgan fingerprint density at radius 2 is 1.61 bits per heavy atom. The standard InChI is InChI=1S/C15H17NOS/c1-11-8-15(18)9-12(2)16(11)10-13-4-6-14(17-3)7-5-13/h4-9H,10H2,1-3H3. The van der Waals surface area contributed by atoms with Crippen molar-refractivity contribution >= 4 is 12.2 Å². The molecule has 0 spiro atoms. The van der Waals surface area contributed by atoms with Gasteiger partial charge in [-0.1, -0.05) is 24.4 Å². The lowest BCUT2D eigenvalue weighted by atomic mass is 10.2. The summed E-state index contributed by atoms with van der Waals surface area (Å²) in [6.45, 7) is 5.04. The number of ether oxygens (including phenoxy) is 1. The molecule has 0 unspecified atom stereocenters. The van der Waals surface area contributed by atoms with E-state index in [0.29, 0.717) is 0 Å². The molecule has 0 fully saturated rings. The third-order valence-corrected chi connectivity index (χ3v) is 3.29. The molecule has 0 atom stereocenters. The van der Waals surface area contributed by atoms with Gasteiger partial charge >= 0.3 is 0 Å². The van der Waals surface area contributed by atoms with E-state index in [1.54, 1.807) is 7.11 Å². The molecule has 94 valence electrons. The number of hydrogen-bond acceptors (Lipinski definition) is 2. The predicted molar refractivity (Wildman–Crippen MR) is 76.8 cm³/mol. The van der Waals surface area contributed by atoms with Crippen LogP contribution in [0, 0.1) is 18.4 Å². The second kappa shape index (κ2) is 5.36. The van der Waals surface area contributed by atoms with Crippen molar-refractivity contribution in [1.82, 2.24) is 4.57 Å². The summed E-state index contributed by atoms with van der Waals surface area (Å²) in [7, 11) is 1.68. The maximum Gasteiger partial charge on any atom is 0.118 e. The molecule has 0 aliphatic rings. The summed E-state index contributed by atoms with van der Waals surface area (Å²) in [5, 5.41) is 0. The van der Waals surface area contributed by atoms with E-state index in [9.17, 15) is 0 Å². The zero-order chi connectivity index (χ0) is 13.1. The molecule has 1 aromatic carbocycles. The minimum atomic E-state index is 0.858. The van der Waals surface area contributed by atoms with Crippen molar-refractivity contribution in [2.24, 2.45) is 0 Å². The first-order valence-corrected chi connectivity index (χ1v) is 6.32. The van der Waals surface area contributed by atoms with Gasteiger partial charge in [0.15, 0.2) is 0 Å². The maximum absolute atomic E-state index is 5.21. The van der Waals surface area contributed by atoms with E-state index in [1.807, 2.05) is 24.3 Å². The molecule has 1 heterocycles. The average molecular weight is 259 g/mol. The lowest BCUT2D eigenvalue weighted by Crippen LogP contribution is -2.08. The van der Waals surface area contributed by atoms with Gasteiger partial charge in [0.1, 0.15) is 5.75 Å². The molecule has 0 bridgehead atoms. The zero-order valence-electron chi connectivity index (χ0n) is 10.9. The Hall–Kier alpha value is -1.61. The minimum absolute atomic E-state index is 0.858. The summed E-state index contributed by atoms with van der Waals surface area (Å²) in [5.41, 5.74) is 3.63. The van der Waals surface area contributed by atoms with Crippen LogP contribution in [0.4, 0.5) is 0 Å². The highest BCUT2D eigenvalue weighted by atomic mass is 32.1. The molecule has 0 saturated carbocycles. The third kappa shape index (κ3) is 2.79. The largest absolute Gasteiger partial charge is 0.497 e. The molecule has 3 heteroatoms. The van der Waals surface area contributed by atoms with Crippen LogP contribution in [0.2, 0.25) is 0 Å². The van der Waals surface area contributed by atoms with Crippen LogP contribution in [-0.4, -0.2) is 11.7 Å². The first-order valence-electron chi connectivity index (χ1n) is 5.91. The van der Waals surface area contributed by atoms with Crippen LogP contribution in [0.3, 0.4) is 0 Å². The van der Waals surface area contributed by atoms with Gasteiger partial charge in [-0.15, -0.1) is 0 Å². The summed E-state index contributed by atoms with van der Waals surface area (Å²) in [6.07, 6.45) is 0. The number of benzene rings is 1. The van der Waals surface area contributed by atoms with Crippen LogP contribution in [0.1, 0.15) is 17.0 Å². The van der Waals surface area contributed by atoms with Crippen LogP contribution >= 0.6 is 12.2 Å². The van der Waals surface area contributed by atoms with Crippen molar-refractivity contribution in [3.8, 4) is 5.75 Å². The number of pyridine rings is 1. The second-order valence-electron chi connectivity index (χ2n) is 4.41. The van der Waals surface area contributed by atoms with E-state index >= 15 is 0 Å². The highest BCUT2D eigenvalue weighted by Crippen LogP contribution is 2.14. The number of methoxy groups -OCH3 is 1. The van der Waals surface area contributed by atoms with Gasteiger partial charge in [0, 0.05) is 22.4 Å². The highest BCUT2D eigenvalue weighted by Gasteiger charge is 2.01. The van der Waals surface area contributed by atoms with Gasteiger partial charge in [0.25, 0.3) is 0 Å². The van der Waals surface area contributed by atoms with E-state index in [2.05, 4.69) is 30.5 Å². The summed E-state index contributed by atoms with van der Waals surface area (Å²) < 4.78 is 8.32. The fourth-order valence-corrected chi connectivity index (χ4v) is 2.39. The van der Waals surface area contributed by atoms with E-state index in [1.165, 1.54) is 17.0 Å². The predicted octanol–water partition coefficient (Wildman–Crippen LogP) is 3.89. The number of aryl methyl sites for hydroxylation is 2. The van der Waals surface area contributed by atoms with Gasteiger partial charge in [-0.25, -0.2) is 0 Å². The monoisotopic (exact) mass is 259 g/mol. The molecular weight excluding hydrogens is 242 g/mol. The van der Waals surface area contributed by atoms with Gasteiger partial charge in [-0.3, -0.25) is 0 Å². The normalized spacial score (nSPS) is 10.4. The Morgan fingerprint density at radius 3 is 2.11 bits per heavy atom. The van der Waals surface area contributed by atoms with Crippen molar-refractivity contribution in [3.05, 3.63) is 57.9 Å². The molecule has 0 amide bonds. The highest BCUT2D eigenvalue weighted by molar-refractivity contribution is 7.71. The number of aromatic nitrogens is 1. The molecule has 2 aromatic rings. The molecule has 0 radical (unpaired) electrons. The zero-order valence-corrected chi connectivity index (χ0v) is 11.8. The Bertz CT molecular complexity index is 573. The van der Waals surface area contributed by atoms with Crippen LogP contribution in [0.5, 0.6) is 5.75 Å². The summed E-state index contributed by atoms with van der Waals surface area (Å²) >= 11 is 5.21. The van der Waals surface area contributed by atoms with E-state index < -0.39 is 0 Å².